The molecule has 0 saturated heterocycles. The van der Waals surface area contributed by atoms with Crippen LogP contribution in [0, 0.1) is 12.7 Å². The second-order valence-electron chi connectivity index (χ2n) is 3.66. The number of rotatable bonds is 3. The van der Waals surface area contributed by atoms with Crippen LogP contribution in [0.25, 0.3) is 10.9 Å². The van der Waals surface area contributed by atoms with Gasteiger partial charge in [-0.25, -0.2) is 4.39 Å². The second-order valence-corrected chi connectivity index (χ2v) is 3.66. The lowest BCUT2D eigenvalue weighted by atomic mass is 10.2. The van der Waals surface area contributed by atoms with E-state index in [-0.39, 0.29) is 5.82 Å². The summed E-state index contributed by atoms with van der Waals surface area (Å²) in [5.74, 6) is -0.195. The van der Waals surface area contributed by atoms with Crippen LogP contribution in [-0.2, 0) is 11.3 Å². The van der Waals surface area contributed by atoms with Crippen molar-refractivity contribution < 1.29 is 9.13 Å². The molecule has 15 heavy (non-hydrogen) atoms. The standard InChI is InChI=1S/C12H14FNO/c1-9-8-14(5-6-15-2)12-7-10(13)3-4-11(9)12/h3-4,7-8H,5-6H2,1-2H3. The molecule has 0 spiro atoms. The number of aryl methyl sites for hydroxylation is 1. The molecule has 0 unspecified atom stereocenters. The minimum atomic E-state index is -0.195. The normalized spacial score (nSPS) is 11.1. The Morgan fingerprint density at radius 2 is 2.20 bits per heavy atom. The summed E-state index contributed by atoms with van der Waals surface area (Å²) in [6, 6.07) is 4.89. The molecule has 1 aromatic heterocycles. The third kappa shape index (κ3) is 1.88. The van der Waals surface area contributed by atoms with Gasteiger partial charge >= 0.3 is 0 Å². The van der Waals surface area contributed by atoms with E-state index < -0.39 is 0 Å². The zero-order valence-corrected chi connectivity index (χ0v) is 8.96. The fourth-order valence-corrected chi connectivity index (χ4v) is 1.82. The van der Waals surface area contributed by atoms with Gasteiger partial charge in [-0.3, -0.25) is 0 Å². The SMILES string of the molecule is COCCn1cc(C)c2ccc(F)cc21. The summed E-state index contributed by atoms with van der Waals surface area (Å²) in [5, 5.41) is 1.10. The lowest BCUT2D eigenvalue weighted by molar-refractivity contribution is 0.188. The fourth-order valence-electron chi connectivity index (χ4n) is 1.82. The summed E-state index contributed by atoms with van der Waals surface area (Å²) < 4.78 is 20.1. The highest BCUT2D eigenvalue weighted by Gasteiger charge is 2.05. The van der Waals surface area contributed by atoms with E-state index in [1.54, 1.807) is 13.2 Å². The monoisotopic (exact) mass is 207 g/mol. The molecule has 0 fully saturated rings. The molecule has 80 valence electrons. The van der Waals surface area contributed by atoms with Crippen molar-refractivity contribution >= 4 is 10.9 Å². The van der Waals surface area contributed by atoms with Crippen LogP contribution in [-0.4, -0.2) is 18.3 Å². The third-order valence-electron chi connectivity index (χ3n) is 2.58. The van der Waals surface area contributed by atoms with E-state index in [4.69, 9.17) is 4.74 Å². The van der Waals surface area contributed by atoms with Crippen LogP contribution < -0.4 is 0 Å². The number of aromatic nitrogens is 1. The Labute approximate surface area is 88.3 Å². The summed E-state index contributed by atoms with van der Waals surface area (Å²) in [6.07, 6.45) is 2.03. The summed E-state index contributed by atoms with van der Waals surface area (Å²) in [5.41, 5.74) is 2.10. The molecule has 0 bridgehead atoms. The van der Waals surface area contributed by atoms with Crippen LogP contribution in [0.5, 0.6) is 0 Å². The van der Waals surface area contributed by atoms with Crippen molar-refractivity contribution in [2.24, 2.45) is 0 Å². The topological polar surface area (TPSA) is 14.2 Å². The van der Waals surface area contributed by atoms with Gasteiger partial charge in [-0.05, 0) is 30.7 Å². The van der Waals surface area contributed by atoms with Gasteiger partial charge in [-0.2, -0.15) is 0 Å². The van der Waals surface area contributed by atoms with Crippen molar-refractivity contribution in [1.82, 2.24) is 4.57 Å². The van der Waals surface area contributed by atoms with Crippen molar-refractivity contribution in [3.63, 3.8) is 0 Å². The van der Waals surface area contributed by atoms with Gasteiger partial charge in [0.1, 0.15) is 5.82 Å². The van der Waals surface area contributed by atoms with Gasteiger partial charge in [0.2, 0.25) is 0 Å². The van der Waals surface area contributed by atoms with E-state index in [1.807, 2.05) is 23.8 Å². The predicted molar refractivity (Wildman–Crippen MR) is 58.5 cm³/mol. The Morgan fingerprint density at radius 1 is 1.40 bits per heavy atom. The quantitative estimate of drug-likeness (QED) is 0.754. The molecule has 2 rings (SSSR count). The Morgan fingerprint density at radius 3 is 2.93 bits per heavy atom. The Balaban J connectivity index is 2.49. The van der Waals surface area contributed by atoms with E-state index in [0.29, 0.717) is 6.61 Å². The summed E-state index contributed by atoms with van der Waals surface area (Å²) in [6.45, 7) is 3.42. The molecule has 1 aromatic carbocycles. The summed E-state index contributed by atoms with van der Waals surface area (Å²) in [4.78, 5) is 0. The van der Waals surface area contributed by atoms with E-state index in [0.717, 1.165) is 17.4 Å². The maximum Gasteiger partial charge on any atom is 0.125 e. The smallest absolute Gasteiger partial charge is 0.125 e. The zero-order chi connectivity index (χ0) is 10.8. The lowest BCUT2D eigenvalue weighted by Crippen LogP contribution is -2.02. The number of ether oxygens (including phenoxy) is 1. The van der Waals surface area contributed by atoms with Crippen molar-refractivity contribution in [2.45, 2.75) is 13.5 Å². The maximum atomic E-state index is 13.1. The summed E-state index contributed by atoms with van der Waals surface area (Å²) >= 11 is 0. The zero-order valence-electron chi connectivity index (χ0n) is 8.96. The van der Waals surface area contributed by atoms with Crippen molar-refractivity contribution in [3.8, 4) is 0 Å². The maximum absolute atomic E-state index is 13.1. The van der Waals surface area contributed by atoms with Gasteiger partial charge in [-0.1, -0.05) is 0 Å². The van der Waals surface area contributed by atoms with Crippen LogP contribution in [0.15, 0.2) is 24.4 Å². The number of halogens is 1. The average molecular weight is 207 g/mol. The van der Waals surface area contributed by atoms with Gasteiger partial charge in [0.25, 0.3) is 0 Å². The first-order chi connectivity index (χ1) is 7.22. The molecule has 0 aliphatic heterocycles. The average Bonchev–Trinajstić information content (AvgIpc) is 2.52. The minimum absolute atomic E-state index is 0.195. The molecule has 0 amide bonds. The van der Waals surface area contributed by atoms with Crippen LogP contribution in [0.4, 0.5) is 4.39 Å². The van der Waals surface area contributed by atoms with Gasteiger partial charge < -0.3 is 9.30 Å². The highest BCUT2D eigenvalue weighted by molar-refractivity contribution is 5.83. The second kappa shape index (κ2) is 4.03. The van der Waals surface area contributed by atoms with E-state index in [2.05, 4.69) is 0 Å². The fraction of sp³-hybridized carbons (Fsp3) is 0.333. The number of benzene rings is 1. The number of hydrogen-bond acceptors (Lipinski definition) is 1. The van der Waals surface area contributed by atoms with Crippen LogP contribution in [0.2, 0.25) is 0 Å². The third-order valence-corrected chi connectivity index (χ3v) is 2.58. The number of hydrogen-bond donors (Lipinski definition) is 0. The molecule has 0 aliphatic rings. The Kier molecular flexibility index (Phi) is 2.73. The highest BCUT2D eigenvalue weighted by atomic mass is 19.1. The lowest BCUT2D eigenvalue weighted by Gasteiger charge is -2.03. The first kappa shape index (κ1) is 10.2. The number of fused-ring (bicyclic) bond motifs is 1. The van der Waals surface area contributed by atoms with Crippen molar-refractivity contribution in [3.05, 3.63) is 35.8 Å². The summed E-state index contributed by atoms with van der Waals surface area (Å²) in [7, 11) is 1.67. The molecule has 0 aliphatic carbocycles. The van der Waals surface area contributed by atoms with E-state index in [1.165, 1.54) is 11.6 Å². The Hall–Kier alpha value is -1.35. The van der Waals surface area contributed by atoms with Gasteiger partial charge in [-0.15, -0.1) is 0 Å². The number of methoxy groups -OCH3 is 1. The Bertz CT molecular complexity index is 476. The molecule has 0 saturated carbocycles. The first-order valence-corrected chi connectivity index (χ1v) is 4.96. The van der Waals surface area contributed by atoms with Crippen molar-refractivity contribution in [1.29, 1.82) is 0 Å². The number of nitrogens with zero attached hydrogens (tertiary/aromatic N) is 1. The van der Waals surface area contributed by atoms with Crippen LogP contribution in [0.1, 0.15) is 5.56 Å². The van der Waals surface area contributed by atoms with Crippen LogP contribution in [0.3, 0.4) is 0 Å². The molecule has 0 N–H and O–H groups in total. The van der Waals surface area contributed by atoms with Gasteiger partial charge in [0.15, 0.2) is 0 Å². The first-order valence-electron chi connectivity index (χ1n) is 4.96. The molecule has 1 heterocycles. The molecule has 2 aromatic rings. The molecule has 0 atom stereocenters. The molecular weight excluding hydrogens is 193 g/mol. The predicted octanol–water partition coefficient (Wildman–Crippen LogP) is 2.74. The van der Waals surface area contributed by atoms with E-state index in [9.17, 15) is 4.39 Å². The van der Waals surface area contributed by atoms with Gasteiger partial charge in [0.05, 0.1) is 12.1 Å². The molecule has 3 heteroatoms. The van der Waals surface area contributed by atoms with Crippen LogP contribution >= 0.6 is 0 Å². The molecule has 2 nitrogen and oxygen atoms in total. The van der Waals surface area contributed by atoms with Gasteiger partial charge in [0, 0.05) is 25.2 Å². The molecule has 0 radical (unpaired) electrons. The minimum Gasteiger partial charge on any atom is -0.383 e. The molecular formula is C12H14FNO. The van der Waals surface area contributed by atoms with Crippen molar-refractivity contribution in [2.75, 3.05) is 13.7 Å². The largest absolute Gasteiger partial charge is 0.383 e. The highest BCUT2D eigenvalue weighted by Crippen LogP contribution is 2.21. The van der Waals surface area contributed by atoms with E-state index >= 15 is 0 Å².